The number of pyridine rings is 1. The first kappa shape index (κ1) is 87.7. The molecule has 606 valence electrons. The van der Waals surface area contributed by atoms with Crippen molar-refractivity contribution in [1.29, 1.82) is 0 Å². The van der Waals surface area contributed by atoms with Crippen molar-refractivity contribution in [3.05, 3.63) is 178 Å². The topological polar surface area (TPSA) is 438 Å². The average molecular weight is 1580 g/mol. The normalized spacial score (nSPS) is 16.0. The third kappa shape index (κ3) is 28.4. The van der Waals surface area contributed by atoms with E-state index in [2.05, 4.69) is 68.4 Å². The van der Waals surface area contributed by atoms with Gasteiger partial charge in [-0.3, -0.25) is 62.6 Å². The number of primary amides is 2. The predicted molar refractivity (Wildman–Crippen MR) is 427 cm³/mol. The fourth-order valence-electron chi connectivity index (χ4n) is 13.4. The largest absolute Gasteiger partial charge is 0.394 e. The Bertz CT molecular complexity index is 4230. The van der Waals surface area contributed by atoms with Crippen LogP contribution in [0, 0.1) is 5.92 Å². The first-order valence-corrected chi connectivity index (χ1v) is 38.7. The van der Waals surface area contributed by atoms with Crippen LogP contribution in [0.15, 0.2) is 140 Å². The molecule has 2 aliphatic heterocycles. The molecule has 2 fully saturated rings. The third-order valence-corrected chi connectivity index (χ3v) is 19.7. The van der Waals surface area contributed by atoms with Gasteiger partial charge in [-0.2, -0.15) is 0 Å². The minimum absolute atomic E-state index is 0.0360. The maximum Gasteiger partial charge on any atom is 0.312 e. The molecule has 0 radical (unpaired) electrons. The lowest BCUT2D eigenvalue weighted by Gasteiger charge is -2.31. The Hall–Kier alpha value is -10.9. The summed E-state index contributed by atoms with van der Waals surface area (Å²) in [5.41, 5.74) is 15.1. The Balaban J connectivity index is 1.08. The van der Waals surface area contributed by atoms with Gasteiger partial charge in [-0.15, -0.1) is 0 Å². The van der Waals surface area contributed by atoms with Crippen molar-refractivity contribution >= 4 is 99.1 Å². The van der Waals surface area contributed by atoms with Crippen LogP contribution in [0.3, 0.4) is 0 Å². The van der Waals surface area contributed by atoms with Crippen molar-refractivity contribution in [3.8, 4) is 0 Å². The molecule has 10 atom stereocenters. The van der Waals surface area contributed by atoms with Crippen LogP contribution < -0.4 is 70.0 Å². The van der Waals surface area contributed by atoms with Gasteiger partial charge in [0.25, 0.3) is 0 Å². The number of carbonyl (C=O) groups excluding carboxylic acids is 12. The second kappa shape index (κ2) is 43.8. The smallest absolute Gasteiger partial charge is 0.312 e. The van der Waals surface area contributed by atoms with Crippen molar-refractivity contribution in [2.24, 2.45) is 17.4 Å². The number of ether oxygens (including phenoxy) is 1. The van der Waals surface area contributed by atoms with Gasteiger partial charge in [0.15, 0.2) is 0 Å². The van der Waals surface area contributed by atoms with Crippen molar-refractivity contribution in [3.63, 3.8) is 0 Å². The summed E-state index contributed by atoms with van der Waals surface area (Å²) in [4.78, 5) is 178. The molecule has 3 heterocycles. The van der Waals surface area contributed by atoms with Crippen LogP contribution in [0.25, 0.3) is 10.8 Å². The lowest BCUT2D eigenvalue weighted by atomic mass is 9.99. The Kier molecular flexibility index (Phi) is 34.0. The second-order valence-corrected chi connectivity index (χ2v) is 29.9. The number of unbranched alkanes of at least 4 members (excludes halogenated alkanes) is 1. The number of nitrogens with zero attached hydrogens (tertiary/aromatic N) is 3. The van der Waals surface area contributed by atoms with Crippen molar-refractivity contribution in [1.82, 2.24) is 68.0 Å². The highest BCUT2D eigenvalue weighted by atomic mass is 35.5. The molecule has 5 aromatic carbocycles. The molecule has 0 spiro atoms. The van der Waals surface area contributed by atoms with Crippen LogP contribution in [-0.4, -0.2) is 203 Å². The first-order chi connectivity index (χ1) is 54.1. The first-order valence-electron chi connectivity index (χ1n) is 38.4. The number of halogens is 1. The highest BCUT2D eigenvalue weighted by Crippen LogP contribution is 2.23. The number of aliphatic hydroxyl groups is 1. The molecule has 0 saturated carbocycles. The zero-order valence-electron chi connectivity index (χ0n) is 64.8. The predicted octanol–water partition coefficient (Wildman–Crippen LogP) is 2.81. The molecule has 0 aliphatic carbocycles. The maximum absolute atomic E-state index is 15.5. The molecule has 0 bridgehead atoms. The molecule has 13 amide bonds. The summed E-state index contributed by atoms with van der Waals surface area (Å²) in [6.07, 6.45) is 4.05. The highest BCUT2D eigenvalue weighted by Gasteiger charge is 2.41. The number of fused-ring (bicyclic) bond motifs is 1. The summed E-state index contributed by atoms with van der Waals surface area (Å²) in [7, 11) is 0. The van der Waals surface area contributed by atoms with Gasteiger partial charge in [-0.05, 0) is 132 Å². The zero-order chi connectivity index (χ0) is 81.7. The minimum Gasteiger partial charge on any atom is -0.394 e. The van der Waals surface area contributed by atoms with Gasteiger partial charge in [0.05, 0.1) is 19.8 Å². The number of likely N-dealkylation sites (tertiary alicyclic amines) is 1. The standard InChI is InChI=1S/C82H107ClN16O14/c1-49(2)39-64(73(103)90-63(16-9-10-33-87-50(3)4)81(111)99-34-12-17-71(99)80(110)88-51(5)72(84)102)91-74(104)66(43-55-25-30-62(31-26-55)89-52(6)101)92-76(106)67(41-53-18-20-56(21-19-53)47-98-35-37-113-38-36-98)95-79(109)70(48-100)96-77(107)68(45-58-13-11-32-86-46-58)94-75(105)65(42-54-23-28-61(83)29-24-54)93-78(108)69(97-82(85)112)44-57-22-27-59-14-7-8-15-60(59)40-57/h7-8,11,13-15,18-32,40,46,49-51,63-71,87,100H,9-10,12,16-17,33-39,41-45,47-48H2,1-6H3,(H2,84,102)(H,88,110)(H,89,101)(H,90,103)(H,91,104)(H,92,106)(H,93,108)(H,94,105)(H,95,109)(H,96,107)(H3,85,97,112)/t51-,63+,64+,65-,66-,67+,68-,69-,70+,71+/m1/s1. The Labute approximate surface area is 663 Å². The summed E-state index contributed by atoms with van der Waals surface area (Å²) < 4.78 is 5.56. The number of urea groups is 1. The number of benzene rings is 5. The minimum atomic E-state index is -1.83. The van der Waals surface area contributed by atoms with E-state index in [0.29, 0.717) is 97.2 Å². The van der Waals surface area contributed by atoms with E-state index in [0.717, 1.165) is 16.3 Å². The van der Waals surface area contributed by atoms with Gasteiger partial charge in [-0.1, -0.05) is 136 Å². The van der Waals surface area contributed by atoms with Gasteiger partial charge in [0, 0.05) is 94.4 Å². The van der Waals surface area contributed by atoms with E-state index in [1.807, 2.05) is 76.2 Å². The van der Waals surface area contributed by atoms with Crippen molar-refractivity contribution < 1.29 is 67.4 Å². The number of hydrogen-bond acceptors (Lipinski definition) is 17. The molecule has 8 rings (SSSR count). The fourth-order valence-corrected chi connectivity index (χ4v) is 13.6. The van der Waals surface area contributed by atoms with Gasteiger partial charge in [-0.25, -0.2) is 4.79 Å². The number of hydrogen-bond donors (Lipinski definition) is 14. The number of rotatable bonds is 41. The molecule has 1 aromatic heterocycles. The molecule has 2 saturated heterocycles. The summed E-state index contributed by atoms with van der Waals surface area (Å²) in [5.74, 6) is -8.75. The number of anilines is 1. The van der Waals surface area contributed by atoms with Crippen molar-refractivity contribution in [2.75, 3.05) is 51.3 Å². The number of amides is 13. The molecule has 16 N–H and O–H groups in total. The summed E-state index contributed by atoms with van der Waals surface area (Å²) in [6.45, 7) is 13.3. The van der Waals surface area contributed by atoms with Crippen LogP contribution in [-0.2, 0) is 96.1 Å². The lowest BCUT2D eigenvalue weighted by molar-refractivity contribution is -0.142. The molecular weight excluding hydrogens is 1470 g/mol. The SMILES string of the molecule is CC(=O)Nc1ccc(C[C@@H](NC(=O)[C@H](Cc2ccc(CN3CCOCC3)cc2)NC(=O)[C@H](CO)NC(=O)[C@@H](Cc2cccnc2)NC(=O)[C@@H](Cc2ccc(Cl)cc2)NC(=O)[C@@H](Cc2ccc3ccccc3c2)NC(N)=O)C(=O)N[C@@H](CC(C)C)C(=O)N[C@@H](CCCCNC(C)C)C(=O)N2CCC[C@H]2C(=O)N[C@H](C)C(N)=O)cc1. The van der Waals surface area contributed by atoms with Crippen LogP contribution in [0.4, 0.5) is 10.5 Å². The van der Waals surface area contributed by atoms with Crippen LogP contribution >= 0.6 is 11.6 Å². The molecule has 31 heteroatoms. The van der Waals surface area contributed by atoms with Crippen molar-refractivity contribution in [2.45, 2.75) is 185 Å². The van der Waals surface area contributed by atoms with E-state index in [1.165, 1.54) is 31.1 Å². The van der Waals surface area contributed by atoms with Crippen LogP contribution in [0.2, 0.25) is 5.02 Å². The molecule has 0 unspecified atom stereocenters. The second-order valence-electron chi connectivity index (χ2n) is 29.5. The van der Waals surface area contributed by atoms with E-state index in [4.69, 9.17) is 27.8 Å². The molecule has 113 heavy (non-hydrogen) atoms. The van der Waals surface area contributed by atoms with Gasteiger partial charge < -0.3 is 84.7 Å². The molecule has 6 aromatic rings. The molecule has 30 nitrogen and oxygen atoms in total. The molecule has 2 aliphatic rings. The van der Waals surface area contributed by atoms with E-state index in [-0.39, 0.29) is 75.8 Å². The molecular formula is C82H107ClN16O14. The quantitative estimate of drug-likeness (QED) is 0.0245. The lowest BCUT2D eigenvalue weighted by Crippen LogP contribution is -2.62. The van der Waals surface area contributed by atoms with Gasteiger partial charge >= 0.3 is 6.03 Å². The number of nitrogens with two attached hydrogens (primary N) is 2. The van der Waals surface area contributed by atoms with Gasteiger partial charge in [0.1, 0.15) is 60.4 Å². The monoisotopic (exact) mass is 1570 g/mol. The maximum atomic E-state index is 15.5. The van der Waals surface area contributed by atoms with Gasteiger partial charge in [0.2, 0.25) is 65.0 Å². The Morgan fingerprint density at radius 3 is 1.55 bits per heavy atom. The van der Waals surface area contributed by atoms with Crippen LogP contribution in [0.1, 0.15) is 113 Å². The fraction of sp³-hybridized carbons (Fsp3) is 0.451. The third-order valence-electron chi connectivity index (χ3n) is 19.5. The zero-order valence-corrected chi connectivity index (χ0v) is 65.5. The highest BCUT2D eigenvalue weighted by molar-refractivity contribution is 6.30. The van der Waals surface area contributed by atoms with E-state index >= 15 is 9.59 Å². The summed E-state index contributed by atoms with van der Waals surface area (Å²) in [5, 5.41) is 43.9. The summed E-state index contributed by atoms with van der Waals surface area (Å²) in [6, 6.07) is 22.0. The Morgan fingerprint density at radius 2 is 1.02 bits per heavy atom. The van der Waals surface area contributed by atoms with Crippen LogP contribution in [0.5, 0.6) is 0 Å². The van der Waals surface area contributed by atoms with E-state index in [9.17, 15) is 53.1 Å². The Morgan fingerprint density at radius 1 is 0.531 bits per heavy atom. The summed E-state index contributed by atoms with van der Waals surface area (Å²) >= 11 is 6.27. The number of morpholine rings is 1. The van der Waals surface area contributed by atoms with E-state index in [1.54, 1.807) is 78.9 Å². The number of aliphatic hydroxyl groups excluding tert-OH is 1. The van der Waals surface area contributed by atoms with E-state index < -0.39 is 132 Å². The number of nitrogens with one attached hydrogen (secondary N) is 11. The average Bonchev–Trinajstić information content (AvgIpc) is 1.76. The number of carbonyl (C=O) groups is 12. The number of aromatic nitrogens is 1.